The Labute approximate surface area is 155 Å². The van der Waals surface area contributed by atoms with Crippen LogP contribution in [0.4, 0.5) is 5.69 Å². The van der Waals surface area contributed by atoms with Crippen LogP contribution in [0, 0.1) is 0 Å². The molecule has 1 N–H and O–H groups in total. The molecule has 0 aliphatic heterocycles. The van der Waals surface area contributed by atoms with Gasteiger partial charge in [-0.2, -0.15) is 0 Å². The summed E-state index contributed by atoms with van der Waals surface area (Å²) < 4.78 is 0. The van der Waals surface area contributed by atoms with Gasteiger partial charge in [0.25, 0.3) is 5.91 Å². The molecule has 2 aromatic heterocycles. The zero-order valence-electron chi connectivity index (χ0n) is 13.7. The molecule has 2 heterocycles. The Balaban J connectivity index is 1.81. The molecule has 4 nitrogen and oxygen atoms in total. The van der Waals surface area contributed by atoms with Gasteiger partial charge < -0.3 is 5.32 Å². The molecule has 0 saturated heterocycles. The fourth-order valence-electron chi connectivity index (χ4n) is 2.80. The van der Waals surface area contributed by atoms with Crippen LogP contribution in [0.15, 0.2) is 79.1 Å². The Morgan fingerprint density at radius 2 is 1.73 bits per heavy atom. The van der Waals surface area contributed by atoms with E-state index in [1.807, 2.05) is 36.4 Å². The third-order valence-electron chi connectivity index (χ3n) is 4.02. The van der Waals surface area contributed by atoms with Gasteiger partial charge >= 0.3 is 0 Å². The molecule has 4 aromatic rings. The molecule has 0 radical (unpaired) electrons. The topological polar surface area (TPSA) is 54.9 Å². The molecule has 1 amide bonds. The Morgan fingerprint density at radius 3 is 2.54 bits per heavy atom. The van der Waals surface area contributed by atoms with E-state index in [0.29, 0.717) is 16.3 Å². The highest BCUT2D eigenvalue weighted by atomic mass is 35.5. The third-order valence-corrected chi connectivity index (χ3v) is 4.25. The third kappa shape index (κ3) is 3.27. The van der Waals surface area contributed by atoms with Crippen molar-refractivity contribution < 1.29 is 4.79 Å². The second-order valence-electron chi connectivity index (χ2n) is 5.77. The number of nitrogens with one attached hydrogen (secondary N) is 1. The molecule has 5 heteroatoms. The quantitative estimate of drug-likeness (QED) is 0.546. The first-order valence-electron chi connectivity index (χ1n) is 8.08. The highest BCUT2D eigenvalue weighted by Crippen LogP contribution is 2.25. The average Bonchev–Trinajstić information content (AvgIpc) is 2.68. The second-order valence-corrected chi connectivity index (χ2v) is 6.21. The normalized spacial score (nSPS) is 10.7. The number of benzene rings is 2. The van der Waals surface area contributed by atoms with Crippen LogP contribution in [0.5, 0.6) is 0 Å². The van der Waals surface area contributed by atoms with Gasteiger partial charge in [-0.05, 0) is 42.5 Å². The summed E-state index contributed by atoms with van der Waals surface area (Å²) in [6.07, 6.45) is 3.41. The fraction of sp³-hybridized carbons (Fsp3) is 0. The monoisotopic (exact) mass is 359 g/mol. The van der Waals surface area contributed by atoms with Gasteiger partial charge in [-0.3, -0.25) is 9.78 Å². The average molecular weight is 360 g/mol. The number of pyridine rings is 2. The molecule has 0 aliphatic rings. The van der Waals surface area contributed by atoms with Crippen molar-refractivity contribution in [3.05, 3.63) is 89.7 Å². The minimum Gasteiger partial charge on any atom is -0.322 e. The van der Waals surface area contributed by atoms with Crippen LogP contribution in [0.25, 0.3) is 22.2 Å². The molecule has 0 bridgehead atoms. The summed E-state index contributed by atoms with van der Waals surface area (Å²) in [6, 6.07) is 20.2. The maximum absolute atomic E-state index is 12.9. The maximum atomic E-state index is 12.9. The van der Waals surface area contributed by atoms with Gasteiger partial charge in [-0.1, -0.05) is 35.9 Å². The van der Waals surface area contributed by atoms with Gasteiger partial charge in [0.1, 0.15) is 0 Å². The number of aromatic nitrogens is 2. The predicted molar refractivity (Wildman–Crippen MR) is 104 cm³/mol. The predicted octanol–water partition coefficient (Wildman–Crippen LogP) is 5.20. The van der Waals surface area contributed by atoms with Crippen molar-refractivity contribution in [2.75, 3.05) is 5.32 Å². The number of anilines is 1. The van der Waals surface area contributed by atoms with Crippen LogP contribution in [0.1, 0.15) is 10.4 Å². The Kier molecular flexibility index (Phi) is 4.33. The van der Waals surface area contributed by atoms with E-state index in [0.717, 1.165) is 22.2 Å². The fourth-order valence-corrected chi connectivity index (χ4v) is 2.99. The van der Waals surface area contributed by atoms with E-state index in [9.17, 15) is 4.79 Å². The number of carbonyl (C=O) groups is 1. The molecule has 0 unspecified atom stereocenters. The standard InChI is InChI=1S/C21H14ClN3O/c22-15-4-3-5-16(12-15)24-21(26)18-13-20(14-8-10-23-11-9-14)25-19-7-2-1-6-17(18)19/h1-13H,(H,24,26). The number of rotatable bonds is 3. The number of para-hydroxylation sites is 1. The van der Waals surface area contributed by atoms with Crippen molar-refractivity contribution in [2.24, 2.45) is 0 Å². The van der Waals surface area contributed by atoms with Gasteiger partial charge in [0.05, 0.1) is 16.8 Å². The number of amides is 1. The minimum absolute atomic E-state index is 0.207. The summed E-state index contributed by atoms with van der Waals surface area (Å²) in [5.41, 5.74) is 3.60. The van der Waals surface area contributed by atoms with Crippen LogP contribution in [-0.2, 0) is 0 Å². The van der Waals surface area contributed by atoms with Crippen molar-refractivity contribution in [2.45, 2.75) is 0 Å². The Morgan fingerprint density at radius 1 is 0.923 bits per heavy atom. The lowest BCUT2D eigenvalue weighted by molar-refractivity contribution is 0.102. The highest BCUT2D eigenvalue weighted by Gasteiger charge is 2.14. The van der Waals surface area contributed by atoms with E-state index in [1.54, 1.807) is 42.7 Å². The first kappa shape index (κ1) is 16.2. The molecule has 4 rings (SSSR count). The summed E-state index contributed by atoms with van der Waals surface area (Å²) in [6.45, 7) is 0. The van der Waals surface area contributed by atoms with Crippen LogP contribution in [-0.4, -0.2) is 15.9 Å². The van der Waals surface area contributed by atoms with Crippen LogP contribution in [0.2, 0.25) is 5.02 Å². The summed E-state index contributed by atoms with van der Waals surface area (Å²) >= 11 is 6.01. The summed E-state index contributed by atoms with van der Waals surface area (Å²) in [5.74, 6) is -0.207. The van der Waals surface area contributed by atoms with Gasteiger partial charge in [0.15, 0.2) is 0 Å². The lowest BCUT2D eigenvalue weighted by Crippen LogP contribution is -2.13. The SMILES string of the molecule is O=C(Nc1cccc(Cl)c1)c1cc(-c2ccncc2)nc2ccccc12. The van der Waals surface area contributed by atoms with Crippen LogP contribution < -0.4 is 5.32 Å². The lowest BCUT2D eigenvalue weighted by Gasteiger charge is -2.11. The van der Waals surface area contributed by atoms with Gasteiger partial charge in [0, 0.05) is 34.1 Å². The number of fused-ring (bicyclic) bond motifs is 1. The molecule has 0 atom stereocenters. The Hall–Kier alpha value is -3.24. The molecule has 126 valence electrons. The number of hydrogen-bond donors (Lipinski definition) is 1. The minimum atomic E-state index is -0.207. The number of nitrogens with zero attached hydrogens (tertiary/aromatic N) is 2. The van der Waals surface area contributed by atoms with Gasteiger partial charge in [0.2, 0.25) is 0 Å². The number of hydrogen-bond acceptors (Lipinski definition) is 3. The number of carbonyl (C=O) groups excluding carboxylic acids is 1. The van der Waals surface area contributed by atoms with E-state index in [4.69, 9.17) is 11.6 Å². The van der Waals surface area contributed by atoms with Gasteiger partial charge in [-0.25, -0.2) is 4.98 Å². The summed E-state index contributed by atoms with van der Waals surface area (Å²) in [7, 11) is 0. The molecule has 26 heavy (non-hydrogen) atoms. The molecule has 0 spiro atoms. The van der Waals surface area contributed by atoms with Crippen molar-refractivity contribution >= 4 is 34.1 Å². The Bertz CT molecular complexity index is 1100. The van der Waals surface area contributed by atoms with Gasteiger partial charge in [-0.15, -0.1) is 0 Å². The molecule has 0 saturated carbocycles. The van der Waals surface area contributed by atoms with E-state index in [-0.39, 0.29) is 5.91 Å². The smallest absolute Gasteiger partial charge is 0.256 e. The van der Waals surface area contributed by atoms with Crippen molar-refractivity contribution in [3.63, 3.8) is 0 Å². The largest absolute Gasteiger partial charge is 0.322 e. The van der Waals surface area contributed by atoms with E-state index < -0.39 is 0 Å². The molecule has 0 aliphatic carbocycles. The molecule has 0 fully saturated rings. The first-order valence-corrected chi connectivity index (χ1v) is 8.45. The zero-order valence-corrected chi connectivity index (χ0v) is 14.4. The van der Waals surface area contributed by atoms with Crippen molar-refractivity contribution in [1.29, 1.82) is 0 Å². The van der Waals surface area contributed by atoms with E-state index in [1.165, 1.54) is 0 Å². The molecule has 2 aromatic carbocycles. The van der Waals surface area contributed by atoms with E-state index >= 15 is 0 Å². The van der Waals surface area contributed by atoms with Crippen molar-refractivity contribution in [1.82, 2.24) is 9.97 Å². The van der Waals surface area contributed by atoms with Crippen molar-refractivity contribution in [3.8, 4) is 11.3 Å². The summed E-state index contributed by atoms with van der Waals surface area (Å²) in [5, 5.41) is 4.27. The number of halogens is 1. The molecular weight excluding hydrogens is 346 g/mol. The molecular formula is C21H14ClN3O. The lowest BCUT2D eigenvalue weighted by atomic mass is 10.0. The van der Waals surface area contributed by atoms with Crippen LogP contribution >= 0.6 is 11.6 Å². The second kappa shape index (κ2) is 6.94. The highest BCUT2D eigenvalue weighted by molar-refractivity contribution is 6.31. The zero-order chi connectivity index (χ0) is 17.9. The summed E-state index contributed by atoms with van der Waals surface area (Å²) in [4.78, 5) is 21.6. The maximum Gasteiger partial charge on any atom is 0.256 e. The van der Waals surface area contributed by atoms with E-state index in [2.05, 4.69) is 15.3 Å². The van der Waals surface area contributed by atoms with Crippen LogP contribution in [0.3, 0.4) is 0 Å². The first-order chi connectivity index (χ1) is 12.7.